The summed E-state index contributed by atoms with van der Waals surface area (Å²) >= 11 is 0. The van der Waals surface area contributed by atoms with Gasteiger partial charge in [-0.05, 0) is 50.1 Å². The maximum absolute atomic E-state index is 12.2. The topological polar surface area (TPSA) is 50.8 Å². The largest absolute Gasteiger partial charge is 0.497 e. The minimum Gasteiger partial charge on any atom is -0.497 e. The molecule has 0 saturated heterocycles. The number of benzene rings is 1. The molecule has 2 unspecified atom stereocenters. The van der Waals surface area contributed by atoms with Crippen LogP contribution in [0.1, 0.15) is 32.6 Å². The van der Waals surface area contributed by atoms with Crippen molar-refractivity contribution in [2.45, 2.75) is 38.6 Å². The molecule has 1 aliphatic carbocycles. The van der Waals surface area contributed by atoms with Crippen molar-refractivity contribution in [2.24, 2.45) is 5.92 Å². The summed E-state index contributed by atoms with van der Waals surface area (Å²) in [6.07, 6.45) is 4.84. The van der Waals surface area contributed by atoms with E-state index >= 15 is 0 Å². The monoisotopic (exact) mass is 334 g/mol. The summed E-state index contributed by atoms with van der Waals surface area (Å²) in [5, 5.41) is 3.18. The molecule has 0 spiro atoms. The van der Waals surface area contributed by atoms with E-state index in [1.54, 1.807) is 7.11 Å². The summed E-state index contributed by atoms with van der Waals surface area (Å²) in [6.45, 7) is 3.90. The van der Waals surface area contributed by atoms with Gasteiger partial charge < -0.3 is 14.8 Å². The van der Waals surface area contributed by atoms with Crippen molar-refractivity contribution in [3.63, 3.8) is 0 Å². The van der Waals surface area contributed by atoms with Crippen LogP contribution in [-0.4, -0.2) is 50.7 Å². The fourth-order valence-corrected chi connectivity index (χ4v) is 3.10. The lowest BCUT2D eigenvalue weighted by atomic mass is 9.86. The maximum Gasteiger partial charge on any atom is 0.234 e. The third-order valence-corrected chi connectivity index (χ3v) is 4.67. The first-order valence-electron chi connectivity index (χ1n) is 8.83. The van der Waals surface area contributed by atoms with Gasteiger partial charge in [-0.2, -0.15) is 0 Å². The van der Waals surface area contributed by atoms with Crippen LogP contribution in [0.25, 0.3) is 0 Å². The highest BCUT2D eigenvalue weighted by Gasteiger charge is 2.22. The fraction of sp³-hybridized carbons (Fsp3) is 0.632. The predicted molar refractivity (Wildman–Crippen MR) is 95.5 cm³/mol. The van der Waals surface area contributed by atoms with Crippen LogP contribution >= 0.6 is 0 Å². The Morgan fingerprint density at radius 3 is 2.54 bits per heavy atom. The number of hydrogen-bond donors (Lipinski definition) is 1. The summed E-state index contributed by atoms with van der Waals surface area (Å²) < 4.78 is 10.8. The Bertz CT molecular complexity index is 504. The number of carbonyl (C=O) groups excluding carboxylic acids is 1. The van der Waals surface area contributed by atoms with Crippen LogP contribution in [-0.2, 0) is 4.79 Å². The molecular weight excluding hydrogens is 304 g/mol. The lowest BCUT2D eigenvalue weighted by Crippen LogP contribution is -2.45. The lowest BCUT2D eigenvalue weighted by Gasteiger charge is -2.30. The molecule has 0 aliphatic heterocycles. The Morgan fingerprint density at radius 2 is 1.88 bits per heavy atom. The van der Waals surface area contributed by atoms with E-state index in [-0.39, 0.29) is 5.91 Å². The highest BCUT2D eigenvalue weighted by molar-refractivity contribution is 5.78. The number of rotatable bonds is 8. The molecule has 1 saturated carbocycles. The third-order valence-electron chi connectivity index (χ3n) is 4.67. The van der Waals surface area contributed by atoms with Gasteiger partial charge in [0.1, 0.15) is 18.1 Å². The Hall–Kier alpha value is -1.75. The number of hydrogen-bond acceptors (Lipinski definition) is 4. The number of carbonyl (C=O) groups is 1. The van der Waals surface area contributed by atoms with E-state index < -0.39 is 0 Å². The SMILES string of the molecule is COc1ccc(OCCN(C)CC(=O)NC2CCCCC2C)cc1. The van der Waals surface area contributed by atoms with Gasteiger partial charge in [0.2, 0.25) is 5.91 Å². The highest BCUT2D eigenvalue weighted by atomic mass is 16.5. The number of ether oxygens (including phenoxy) is 2. The standard InChI is InChI=1S/C19H30N2O3/c1-15-6-4-5-7-18(15)20-19(22)14-21(2)12-13-24-17-10-8-16(23-3)9-11-17/h8-11,15,18H,4-7,12-14H2,1-3H3,(H,20,22). The second kappa shape index (κ2) is 9.52. The van der Waals surface area contributed by atoms with Crippen molar-refractivity contribution < 1.29 is 14.3 Å². The first-order valence-corrected chi connectivity index (χ1v) is 8.83. The van der Waals surface area contributed by atoms with Crippen LogP contribution < -0.4 is 14.8 Å². The van der Waals surface area contributed by atoms with Gasteiger partial charge >= 0.3 is 0 Å². The van der Waals surface area contributed by atoms with Gasteiger partial charge in [0, 0.05) is 12.6 Å². The average molecular weight is 334 g/mol. The average Bonchev–Trinajstić information content (AvgIpc) is 2.57. The molecule has 0 radical (unpaired) electrons. The van der Waals surface area contributed by atoms with Gasteiger partial charge in [0.05, 0.1) is 13.7 Å². The molecule has 1 aromatic carbocycles. The van der Waals surface area contributed by atoms with Crippen molar-refractivity contribution >= 4 is 5.91 Å². The second-order valence-electron chi connectivity index (χ2n) is 6.70. The Balaban J connectivity index is 1.64. The van der Waals surface area contributed by atoms with Gasteiger partial charge in [0.15, 0.2) is 0 Å². The van der Waals surface area contributed by atoms with Gasteiger partial charge in [-0.3, -0.25) is 9.69 Å². The molecule has 1 N–H and O–H groups in total. The number of likely N-dealkylation sites (N-methyl/N-ethyl adjacent to an activating group) is 1. The van der Waals surface area contributed by atoms with Crippen LogP contribution in [0.15, 0.2) is 24.3 Å². The van der Waals surface area contributed by atoms with Crippen molar-refractivity contribution in [3.05, 3.63) is 24.3 Å². The first kappa shape index (κ1) is 18.6. The van der Waals surface area contributed by atoms with Crippen molar-refractivity contribution in [3.8, 4) is 11.5 Å². The van der Waals surface area contributed by atoms with E-state index in [0.717, 1.165) is 17.9 Å². The molecule has 1 aromatic rings. The maximum atomic E-state index is 12.2. The zero-order chi connectivity index (χ0) is 17.4. The van der Waals surface area contributed by atoms with Crippen LogP contribution in [0.5, 0.6) is 11.5 Å². The van der Waals surface area contributed by atoms with Crippen molar-refractivity contribution in [2.75, 3.05) is 33.9 Å². The molecule has 1 aliphatic rings. The molecule has 1 amide bonds. The summed E-state index contributed by atoms with van der Waals surface area (Å²) in [6, 6.07) is 7.86. The van der Waals surface area contributed by atoms with Gasteiger partial charge in [-0.25, -0.2) is 0 Å². The third kappa shape index (κ3) is 6.04. The van der Waals surface area contributed by atoms with E-state index in [9.17, 15) is 4.79 Å². The lowest BCUT2D eigenvalue weighted by molar-refractivity contribution is -0.123. The molecule has 2 atom stereocenters. The Morgan fingerprint density at radius 1 is 1.21 bits per heavy atom. The van der Waals surface area contributed by atoms with E-state index in [2.05, 4.69) is 12.2 Å². The summed E-state index contributed by atoms with van der Waals surface area (Å²) in [5.41, 5.74) is 0. The van der Waals surface area contributed by atoms with E-state index in [1.165, 1.54) is 19.3 Å². The number of nitrogens with one attached hydrogen (secondary N) is 1. The predicted octanol–water partition coefficient (Wildman–Crippen LogP) is 2.70. The highest BCUT2D eigenvalue weighted by Crippen LogP contribution is 2.23. The second-order valence-corrected chi connectivity index (χ2v) is 6.70. The van der Waals surface area contributed by atoms with Gasteiger partial charge in [0.25, 0.3) is 0 Å². The van der Waals surface area contributed by atoms with Crippen LogP contribution in [0, 0.1) is 5.92 Å². The molecular formula is C19H30N2O3. The van der Waals surface area contributed by atoms with Gasteiger partial charge in [-0.15, -0.1) is 0 Å². The van der Waals surface area contributed by atoms with E-state index in [1.807, 2.05) is 36.2 Å². The van der Waals surface area contributed by atoms with Gasteiger partial charge in [-0.1, -0.05) is 19.8 Å². The normalized spacial score (nSPS) is 20.7. The Kier molecular flexibility index (Phi) is 7.37. The van der Waals surface area contributed by atoms with Crippen molar-refractivity contribution in [1.29, 1.82) is 0 Å². The molecule has 0 aromatic heterocycles. The zero-order valence-corrected chi connectivity index (χ0v) is 15.1. The van der Waals surface area contributed by atoms with Crippen LogP contribution in [0.3, 0.4) is 0 Å². The number of amides is 1. The first-order chi connectivity index (χ1) is 11.6. The molecule has 24 heavy (non-hydrogen) atoms. The minimum atomic E-state index is 0.112. The summed E-state index contributed by atoms with van der Waals surface area (Å²) in [7, 11) is 3.59. The van der Waals surface area contributed by atoms with Crippen LogP contribution in [0.4, 0.5) is 0 Å². The molecule has 5 nitrogen and oxygen atoms in total. The molecule has 0 bridgehead atoms. The molecule has 1 fully saturated rings. The molecule has 5 heteroatoms. The van der Waals surface area contributed by atoms with Crippen molar-refractivity contribution in [1.82, 2.24) is 10.2 Å². The minimum absolute atomic E-state index is 0.112. The fourth-order valence-electron chi connectivity index (χ4n) is 3.10. The number of nitrogens with zero attached hydrogens (tertiary/aromatic N) is 1. The summed E-state index contributed by atoms with van der Waals surface area (Å²) in [5.74, 6) is 2.32. The van der Waals surface area contributed by atoms with E-state index in [4.69, 9.17) is 9.47 Å². The quantitative estimate of drug-likeness (QED) is 0.794. The zero-order valence-electron chi connectivity index (χ0n) is 15.1. The molecule has 134 valence electrons. The summed E-state index contributed by atoms with van der Waals surface area (Å²) in [4.78, 5) is 14.2. The molecule has 2 rings (SSSR count). The van der Waals surface area contributed by atoms with E-state index in [0.29, 0.717) is 31.7 Å². The Labute approximate surface area is 145 Å². The smallest absolute Gasteiger partial charge is 0.234 e. The number of methoxy groups -OCH3 is 1. The van der Waals surface area contributed by atoms with Crippen LogP contribution in [0.2, 0.25) is 0 Å². The molecule has 0 heterocycles.